The minimum absolute atomic E-state index is 0.800. The summed E-state index contributed by atoms with van der Waals surface area (Å²) in [6.07, 6.45) is 5.32. The third-order valence-electron chi connectivity index (χ3n) is 3.00. The Labute approximate surface area is 82.7 Å². The second-order valence-electron chi connectivity index (χ2n) is 4.02. The molecule has 0 saturated carbocycles. The zero-order valence-corrected chi connectivity index (χ0v) is 9.18. The van der Waals surface area contributed by atoms with Gasteiger partial charge in [0, 0.05) is 6.04 Å². The highest BCUT2D eigenvalue weighted by molar-refractivity contribution is 4.76. The van der Waals surface area contributed by atoms with Crippen molar-refractivity contribution in [1.29, 1.82) is 0 Å². The van der Waals surface area contributed by atoms with Crippen LogP contribution in [-0.4, -0.2) is 37.1 Å². The van der Waals surface area contributed by atoms with E-state index in [2.05, 4.69) is 24.1 Å². The zero-order chi connectivity index (χ0) is 9.52. The lowest BCUT2D eigenvalue weighted by Crippen LogP contribution is -2.42. The van der Waals surface area contributed by atoms with E-state index in [1.807, 2.05) is 0 Å². The second kappa shape index (κ2) is 6.39. The summed E-state index contributed by atoms with van der Waals surface area (Å²) in [5.41, 5.74) is 0. The molecule has 2 heteroatoms. The van der Waals surface area contributed by atoms with Crippen LogP contribution in [0, 0.1) is 0 Å². The summed E-state index contributed by atoms with van der Waals surface area (Å²) in [5, 5.41) is 3.64. The predicted octanol–water partition coefficient (Wildman–Crippen LogP) is 1.86. The largest absolute Gasteiger partial charge is 0.314 e. The Hall–Kier alpha value is -0.0800. The Morgan fingerprint density at radius 1 is 1.23 bits per heavy atom. The highest BCUT2D eigenvalue weighted by Crippen LogP contribution is 2.09. The van der Waals surface area contributed by atoms with Gasteiger partial charge in [0.05, 0.1) is 0 Å². The van der Waals surface area contributed by atoms with E-state index in [1.54, 1.807) is 0 Å². The molecule has 0 aromatic heterocycles. The molecule has 13 heavy (non-hydrogen) atoms. The smallest absolute Gasteiger partial charge is 0.00914 e. The summed E-state index contributed by atoms with van der Waals surface area (Å²) >= 11 is 0. The van der Waals surface area contributed by atoms with Gasteiger partial charge >= 0.3 is 0 Å². The average molecular weight is 184 g/mol. The fourth-order valence-corrected chi connectivity index (χ4v) is 1.94. The van der Waals surface area contributed by atoms with Crippen molar-refractivity contribution in [3.63, 3.8) is 0 Å². The van der Waals surface area contributed by atoms with E-state index in [9.17, 15) is 0 Å². The van der Waals surface area contributed by atoms with Crippen LogP contribution in [0.15, 0.2) is 0 Å². The van der Waals surface area contributed by atoms with Crippen LogP contribution < -0.4 is 5.32 Å². The van der Waals surface area contributed by atoms with Crippen LogP contribution in [0.1, 0.15) is 39.5 Å². The first kappa shape index (κ1) is 11.0. The van der Waals surface area contributed by atoms with E-state index in [4.69, 9.17) is 0 Å². The molecule has 0 spiro atoms. The van der Waals surface area contributed by atoms with Gasteiger partial charge in [-0.2, -0.15) is 0 Å². The standard InChI is InChI=1S/C11H24N2/c1-3-5-8-12-11-6-9-13(4-2)10-7-11/h11-12H,3-10H2,1-2H3. The fraction of sp³-hybridized carbons (Fsp3) is 1.00. The number of hydrogen-bond acceptors (Lipinski definition) is 2. The molecule has 1 saturated heterocycles. The normalized spacial score (nSPS) is 20.8. The third kappa shape index (κ3) is 4.10. The Morgan fingerprint density at radius 2 is 1.92 bits per heavy atom. The van der Waals surface area contributed by atoms with Gasteiger partial charge in [-0.3, -0.25) is 0 Å². The number of nitrogens with zero attached hydrogens (tertiary/aromatic N) is 1. The molecule has 0 aromatic carbocycles. The molecule has 1 rings (SSSR count). The number of nitrogens with one attached hydrogen (secondary N) is 1. The van der Waals surface area contributed by atoms with Gasteiger partial charge in [-0.15, -0.1) is 0 Å². The summed E-state index contributed by atoms with van der Waals surface area (Å²) in [5.74, 6) is 0. The summed E-state index contributed by atoms with van der Waals surface area (Å²) in [6.45, 7) is 9.53. The molecule has 0 atom stereocenters. The Bertz CT molecular complexity index is 115. The van der Waals surface area contributed by atoms with E-state index in [1.165, 1.54) is 51.9 Å². The van der Waals surface area contributed by atoms with Gasteiger partial charge in [0.15, 0.2) is 0 Å². The molecular weight excluding hydrogens is 160 g/mol. The number of rotatable bonds is 5. The number of piperidine rings is 1. The molecule has 1 aliphatic rings. The highest BCUT2D eigenvalue weighted by atomic mass is 15.1. The summed E-state index contributed by atoms with van der Waals surface area (Å²) in [4.78, 5) is 2.54. The molecule has 0 bridgehead atoms. The van der Waals surface area contributed by atoms with Crippen LogP contribution in [0.5, 0.6) is 0 Å². The number of likely N-dealkylation sites (tertiary alicyclic amines) is 1. The van der Waals surface area contributed by atoms with Gasteiger partial charge in [0.1, 0.15) is 0 Å². The van der Waals surface area contributed by atoms with E-state index in [0.717, 1.165) is 6.04 Å². The van der Waals surface area contributed by atoms with Crippen LogP contribution in [0.2, 0.25) is 0 Å². The van der Waals surface area contributed by atoms with E-state index < -0.39 is 0 Å². The Balaban J connectivity index is 2.03. The Kier molecular flexibility index (Phi) is 5.40. The second-order valence-corrected chi connectivity index (χ2v) is 4.02. The van der Waals surface area contributed by atoms with Gasteiger partial charge in [-0.1, -0.05) is 20.3 Å². The van der Waals surface area contributed by atoms with Crippen LogP contribution in [0.25, 0.3) is 0 Å². The third-order valence-corrected chi connectivity index (χ3v) is 3.00. The molecule has 1 N–H and O–H groups in total. The molecule has 0 unspecified atom stereocenters. The van der Waals surface area contributed by atoms with E-state index >= 15 is 0 Å². The van der Waals surface area contributed by atoms with Crippen molar-refractivity contribution in [2.75, 3.05) is 26.2 Å². The molecule has 78 valence electrons. The summed E-state index contributed by atoms with van der Waals surface area (Å²) in [7, 11) is 0. The zero-order valence-electron chi connectivity index (χ0n) is 9.18. The predicted molar refractivity (Wildman–Crippen MR) is 58.0 cm³/mol. The molecule has 0 amide bonds. The van der Waals surface area contributed by atoms with Gasteiger partial charge in [0.2, 0.25) is 0 Å². The minimum atomic E-state index is 0.800. The first-order valence-corrected chi connectivity index (χ1v) is 5.82. The molecule has 0 aromatic rings. The van der Waals surface area contributed by atoms with Crippen molar-refractivity contribution in [3.05, 3.63) is 0 Å². The van der Waals surface area contributed by atoms with Crippen molar-refractivity contribution >= 4 is 0 Å². The van der Waals surface area contributed by atoms with Crippen molar-refractivity contribution in [1.82, 2.24) is 10.2 Å². The first-order valence-electron chi connectivity index (χ1n) is 5.82. The highest BCUT2D eigenvalue weighted by Gasteiger charge is 2.16. The summed E-state index contributed by atoms with van der Waals surface area (Å²) in [6, 6.07) is 0.800. The first-order chi connectivity index (χ1) is 6.36. The maximum Gasteiger partial charge on any atom is 0.00914 e. The SMILES string of the molecule is CCCCNC1CCN(CC)CC1. The fourth-order valence-electron chi connectivity index (χ4n) is 1.94. The summed E-state index contributed by atoms with van der Waals surface area (Å²) < 4.78 is 0. The molecule has 0 radical (unpaired) electrons. The molecule has 1 aliphatic heterocycles. The average Bonchev–Trinajstić information content (AvgIpc) is 2.19. The molecule has 2 nitrogen and oxygen atoms in total. The van der Waals surface area contributed by atoms with Crippen molar-refractivity contribution in [2.24, 2.45) is 0 Å². The lowest BCUT2D eigenvalue weighted by atomic mass is 10.1. The van der Waals surface area contributed by atoms with Crippen molar-refractivity contribution in [3.8, 4) is 0 Å². The topological polar surface area (TPSA) is 15.3 Å². The van der Waals surface area contributed by atoms with Gasteiger partial charge in [0.25, 0.3) is 0 Å². The van der Waals surface area contributed by atoms with Gasteiger partial charge in [-0.25, -0.2) is 0 Å². The van der Waals surface area contributed by atoms with Crippen LogP contribution >= 0.6 is 0 Å². The number of hydrogen-bond donors (Lipinski definition) is 1. The molecule has 1 fully saturated rings. The Morgan fingerprint density at radius 3 is 2.46 bits per heavy atom. The number of unbranched alkanes of at least 4 members (excludes halogenated alkanes) is 1. The lowest BCUT2D eigenvalue weighted by Gasteiger charge is -2.31. The lowest BCUT2D eigenvalue weighted by molar-refractivity contribution is 0.206. The maximum absolute atomic E-state index is 3.64. The van der Waals surface area contributed by atoms with Crippen molar-refractivity contribution in [2.45, 2.75) is 45.6 Å². The monoisotopic (exact) mass is 184 g/mol. The quantitative estimate of drug-likeness (QED) is 0.656. The van der Waals surface area contributed by atoms with Gasteiger partial charge < -0.3 is 10.2 Å². The van der Waals surface area contributed by atoms with Crippen LogP contribution in [0.3, 0.4) is 0 Å². The maximum atomic E-state index is 3.64. The van der Waals surface area contributed by atoms with E-state index in [0.29, 0.717) is 0 Å². The molecule has 1 heterocycles. The van der Waals surface area contributed by atoms with Crippen LogP contribution in [0.4, 0.5) is 0 Å². The molecular formula is C11H24N2. The minimum Gasteiger partial charge on any atom is -0.314 e. The van der Waals surface area contributed by atoms with Crippen molar-refractivity contribution < 1.29 is 0 Å². The van der Waals surface area contributed by atoms with E-state index in [-0.39, 0.29) is 0 Å². The molecule has 0 aliphatic carbocycles. The van der Waals surface area contributed by atoms with Crippen LogP contribution in [-0.2, 0) is 0 Å². The van der Waals surface area contributed by atoms with Gasteiger partial charge in [-0.05, 0) is 45.4 Å².